The quantitative estimate of drug-likeness (QED) is 0.785. The third kappa shape index (κ3) is 2.66. The highest BCUT2D eigenvalue weighted by atomic mass is 16.5. The smallest absolute Gasteiger partial charge is 0.272 e. The highest BCUT2D eigenvalue weighted by Crippen LogP contribution is 2.11. The largest absolute Gasteiger partial charge is 0.375 e. The number of hydrogen-bond donors (Lipinski definition) is 0. The SMILES string of the molecule is CCC1CN(C(=O)c2ccc(C#N)cn2)CCO1. The molecule has 1 amide bonds. The van der Waals surface area contributed by atoms with Gasteiger partial charge in [0.05, 0.1) is 18.3 Å². The van der Waals surface area contributed by atoms with Crippen LogP contribution in [-0.2, 0) is 4.74 Å². The third-order valence-corrected chi connectivity index (χ3v) is 2.99. The maximum atomic E-state index is 12.2. The molecule has 18 heavy (non-hydrogen) atoms. The van der Waals surface area contributed by atoms with E-state index in [1.807, 2.05) is 13.0 Å². The molecule has 1 aliphatic heterocycles. The lowest BCUT2D eigenvalue weighted by atomic mass is 10.2. The van der Waals surface area contributed by atoms with Crippen LogP contribution in [0, 0.1) is 11.3 Å². The van der Waals surface area contributed by atoms with Crippen LogP contribution in [0.25, 0.3) is 0 Å². The van der Waals surface area contributed by atoms with Crippen LogP contribution < -0.4 is 0 Å². The first-order valence-electron chi connectivity index (χ1n) is 6.01. The number of nitriles is 1. The van der Waals surface area contributed by atoms with Crippen molar-refractivity contribution in [3.05, 3.63) is 29.6 Å². The van der Waals surface area contributed by atoms with Crippen molar-refractivity contribution in [3.8, 4) is 6.07 Å². The van der Waals surface area contributed by atoms with Gasteiger partial charge in [-0.2, -0.15) is 5.26 Å². The van der Waals surface area contributed by atoms with E-state index >= 15 is 0 Å². The van der Waals surface area contributed by atoms with E-state index in [4.69, 9.17) is 10.00 Å². The normalized spacial score (nSPS) is 19.3. The molecular weight excluding hydrogens is 230 g/mol. The Morgan fingerprint density at radius 1 is 1.67 bits per heavy atom. The molecule has 1 aliphatic rings. The standard InChI is InChI=1S/C13H15N3O2/c1-2-11-9-16(5-6-18-11)13(17)12-4-3-10(7-14)8-15-12/h3-4,8,11H,2,5-6,9H2,1H3. The van der Waals surface area contributed by atoms with Gasteiger partial charge in [-0.3, -0.25) is 4.79 Å². The van der Waals surface area contributed by atoms with Crippen molar-refractivity contribution in [1.82, 2.24) is 9.88 Å². The van der Waals surface area contributed by atoms with Crippen molar-refractivity contribution in [1.29, 1.82) is 5.26 Å². The van der Waals surface area contributed by atoms with E-state index in [9.17, 15) is 4.79 Å². The minimum atomic E-state index is -0.0961. The second-order valence-corrected chi connectivity index (χ2v) is 4.20. The second-order valence-electron chi connectivity index (χ2n) is 4.20. The predicted molar refractivity (Wildman–Crippen MR) is 64.9 cm³/mol. The van der Waals surface area contributed by atoms with Gasteiger partial charge in [0.1, 0.15) is 11.8 Å². The molecule has 1 fully saturated rings. The van der Waals surface area contributed by atoms with Crippen LogP contribution in [-0.4, -0.2) is 41.6 Å². The van der Waals surface area contributed by atoms with E-state index in [1.54, 1.807) is 17.0 Å². The van der Waals surface area contributed by atoms with Gasteiger partial charge in [0.15, 0.2) is 0 Å². The summed E-state index contributed by atoms with van der Waals surface area (Å²) in [7, 11) is 0. The monoisotopic (exact) mass is 245 g/mol. The molecule has 5 heteroatoms. The van der Waals surface area contributed by atoms with Crippen molar-refractivity contribution in [2.24, 2.45) is 0 Å². The lowest BCUT2D eigenvalue weighted by molar-refractivity contribution is -0.0228. The Hall–Kier alpha value is -1.93. The molecule has 0 N–H and O–H groups in total. The average Bonchev–Trinajstić information content (AvgIpc) is 2.46. The van der Waals surface area contributed by atoms with Crippen LogP contribution in [0.5, 0.6) is 0 Å². The summed E-state index contributed by atoms with van der Waals surface area (Å²) < 4.78 is 5.52. The van der Waals surface area contributed by atoms with Crippen molar-refractivity contribution in [2.75, 3.05) is 19.7 Å². The van der Waals surface area contributed by atoms with Gasteiger partial charge in [-0.05, 0) is 18.6 Å². The van der Waals surface area contributed by atoms with E-state index in [-0.39, 0.29) is 12.0 Å². The molecule has 0 spiro atoms. The summed E-state index contributed by atoms with van der Waals surface area (Å²) in [5.74, 6) is -0.0961. The zero-order valence-corrected chi connectivity index (χ0v) is 10.3. The van der Waals surface area contributed by atoms with E-state index in [2.05, 4.69) is 4.98 Å². The molecule has 1 atom stereocenters. The van der Waals surface area contributed by atoms with E-state index in [1.165, 1.54) is 6.20 Å². The number of morpholine rings is 1. The maximum absolute atomic E-state index is 12.2. The second kappa shape index (κ2) is 5.61. The molecule has 0 saturated carbocycles. The van der Waals surface area contributed by atoms with Gasteiger partial charge in [0, 0.05) is 19.3 Å². The van der Waals surface area contributed by atoms with Gasteiger partial charge in [-0.25, -0.2) is 4.98 Å². The summed E-state index contributed by atoms with van der Waals surface area (Å²) in [6.45, 7) is 3.81. The summed E-state index contributed by atoms with van der Waals surface area (Å²) in [5, 5.41) is 8.68. The Labute approximate surface area is 106 Å². The first kappa shape index (κ1) is 12.5. The summed E-state index contributed by atoms with van der Waals surface area (Å²) in [5.41, 5.74) is 0.839. The maximum Gasteiger partial charge on any atom is 0.272 e. The molecule has 94 valence electrons. The lowest BCUT2D eigenvalue weighted by Crippen LogP contribution is -2.45. The Morgan fingerprint density at radius 3 is 3.11 bits per heavy atom. The van der Waals surface area contributed by atoms with Gasteiger partial charge in [-0.15, -0.1) is 0 Å². The molecule has 2 heterocycles. The van der Waals surface area contributed by atoms with Crippen molar-refractivity contribution in [2.45, 2.75) is 19.4 Å². The highest BCUT2D eigenvalue weighted by Gasteiger charge is 2.24. The van der Waals surface area contributed by atoms with Gasteiger partial charge in [-0.1, -0.05) is 6.92 Å². The molecule has 5 nitrogen and oxygen atoms in total. The van der Waals surface area contributed by atoms with Crippen LogP contribution in [0.3, 0.4) is 0 Å². The molecule has 0 radical (unpaired) electrons. The van der Waals surface area contributed by atoms with Crippen molar-refractivity contribution in [3.63, 3.8) is 0 Å². The van der Waals surface area contributed by atoms with Gasteiger partial charge in [0.25, 0.3) is 5.91 Å². The Kier molecular flexibility index (Phi) is 3.90. The third-order valence-electron chi connectivity index (χ3n) is 2.99. The van der Waals surface area contributed by atoms with E-state index in [0.717, 1.165) is 6.42 Å². The lowest BCUT2D eigenvalue weighted by Gasteiger charge is -2.32. The van der Waals surface area contributed by atoms with Crippen LogP contribution in [0.2, 0.25) is 0 Å². The van der Waals surface area contributed by atoms with Crippen LogP contribution in [0.1, 0.15) is 29.4 Å². The molecule has 0 aliphatic carbocycles. The topological polar surface area (TPSA) is 66.2 Å². The summed E-state index contributed by atoms with van der Waals surface area (Å²) in [6.07, 6.45) is 2.43. The highest BCUT2D eigenvalue weighted by molar-refractivity contribution is 5.92. The first-order valence-corrected chi connectivity index (χ1v) is 6.01. The fraction of sp³-hybridized carbons (Fsp3) is 0.462. The number of hydrogen-bond acceptors (Lipinski definition) is 4. The van der Waals surface area contributed by atoms with Crippen LogP contribution >= 0.6 is 0 Å². The number of ether oxygens (including phenoxy) is 1. The zero-order valence-electron chi connectivity index (χ0n) is 10.3. The summed E-state index contributed by atoms with van der Waals surface area (Å²) in [6, 6.07) is 5.19. The van der Waals surface area contributed by atoms with E-state index < -0.39 is 0 Å². The molecule has 1 unspecified atom stereocenters. The van der Waals surface area contributed by atoms with Gasteiger partial charge >= 0.3 is 0 Å². The van der Waals surface area contributed by atoms with Crippen molar-refractivity contribution >= 4 is 5.91 Å². The minimum absolute atomic E-state index is 0.0961. The Bertz CT molecular complexity index is 464. The average molecular weight is 245 g/mol. The number of carbonyl (C=O) groups is 1. The van der Waals surface area contributed by atoms with Crippen LogP contribution in [0.4, 0.5) is 0 Å². The Morgan fingerprint density at radius 2 is 2.50 bits per heavy atom. The number of nitrogens with zero attached hydrogens (tertiary/aromatic N) is 3. The molecule has 0 bridgehead atoms. The zero-order chi connectivity index (χ0) is 13.0. The minimum Gasteiger partial charge on any atom is -0.375 e. The number of aromatic nitrogens is 1. The summed E-state index contributed by atoms with van der Waals surface area (Å²) in [4.78, 5) is 18.0. The molecular formula is C13H15N3O2. The predicted octanol–water partition coefficient (Wildman–Crippen LogP) is 1.20. The fourth-order valence-corrected chi connectivity index (χ4v) is 1.90. The van der Waals surface area contributed by atoms with Crippen molar-refractivity contribution < 1.29 is 9.53 Å². The number of rotatable bonds is 2. The number of pyridine rings is 1. The van der Waals surface area contributed by atoms with E-state index in [0.29, 0.717) is 31.0 Å². The summed E-state index contributed by atoms with van der Waals surface area (Å²) >= 11 is 0. The van der Waals surface area contributed by atoms with Gasteiger partial charge < -0.3 is 9.64 Å². The molecule has 0 aromatic carbocycles. The number of amides is 1. The molecule has 1 aromatic heterocycles. The molecule has 1 aromatic rings. The Balaban J connectivity index is 2.08. The van der Waals surface area contributed by atoms with Crippen LogP contribution in [0.15, 0.2) is 18.3 Å². The molecule has 1 saturated heterocycles. The fourth-order valence-electron chi connectivity index (χ4n) is 1.90. The van der Waals surface area contributed by atoms with Gasteiger partial charge in [0.2, 0.25) is 0 Å². The molecule has 2 rings (SSSR count). The first-order chi connectivity index (χ1) is 8.74. The number of carbonyl (C=O) groups excluding carboxylic acids is 1.